The zero-order chi connectivity index (χ0) is 16.1. The maximum absolute atomic E-state index is 13.2. The molecule has 4 nitrogen and oxygen atoms in total. The van der Waals surface area contributed by atoms with Gasteiger partial charge in [-0.1, -0.05) is 6.07 Å². The lowest BCUT2D eigenvalue weighted by Crippen LogP contribution is -2.57. The van der Waals surface area contributed by atoms with Crippen molar-refractivity contribution >= 4 is 11.4 Å². The van der Waals surface area contributed by atoms with Crippen LogP contribution in [0.15, 0.2) is 24.4 Å². The molecule has 3 fully saturated rings. The maximum Gasteiger partial charge on any atom is 0.254 e. The minimum absolute atomic E-state index is 0.153. The van der Waals surface area contributed by atoms with Crippen molar-refractivity contribution in [2.45, 2.75) is 44.6 Å². The van der Waals surface area contributed by atoms with E-state index in [0.717, 1.165) is 30.5 Å². The highest BCUT2D eigenvalue weighted by atomic mass is 16.1. The number of fused-ring (bicyclic) bond motifs is 6. The van der Waals surface area contributed by atoms with Crippen molar-refractivity contribution < 1.29 is 4.79 Å². The van der Waals surface area contributed by atoms with E-state index < -0.39 is 0 Å². The van der Waals surface area contributed by atoms with Crippen LogP contribution in [0.4, 0.5) is 0 Å². The molecule has 0 saturated carbocycles. The third kappa shape index (κ3) is 2.20. The van der Waals surface area contributed by atoms with Crippen molar-refractivity contribution in [3.8, 4) is 0 Å². The molecule has 1 N–H and O–H groups in total. The Kier molecular flexibility index (Phi) is 3.40. The number of pyridine rings is 1. The van der Waals surface area contributed by atoms with Crippen LogP contribution < -0.4 is 5.32 Å². The predicted octanol–water partition coefficient (Wildman–Crippen LogP) is 2.64. The lowest BCUT2D eigenvalue weighted by atomic mass is 9.84. The van der Waals surface area contributed by atoms with E-state index in [4.69, 9.17) is 0 Å². The molecular weight excluding hydrogens is 298 g/mol. The Bertz CT molecular complexity index is 786. The fourth-order valence-corrected chi connectivity index (χ4v) is 5.08. The molecular formula is C20H25N3O. The minimum Gasteiger partial charge on any atom is -0.348 e. The van der Waals surface area contributed by atoms with Crippen molar-refractivity contribution in [1.82, 2.24) is 14.6 Å². The van der Waals surface area contributed by atoms with Crippen molar-refractivity contribution in [3.05, 3.63) is 41.2 Å². The number of carbonyl (C=O) groups excluding carboxylic acids is 1. The van der Waals surface area contributed by atoms with Gasteiger partial charge in [0, 0.05) is 24.5 Å². The van der Waals surface area contributed by atoms with Gasteiger partial charge in [0.15, 0.2) is 0 Å². The summed E-state index contributed by atoms with van der Waals surface area (Å²) in [6.45, 7) is 3.45. The molecule has 0 radical (unpaired) electrons. The van der Waals surface area contributed by atoms with Gasteiger partial charge >= 0.3 is 0 Å². The van der Waals surface area contributed by atoms with E-state index >= 15 is 0 Å². The van der Waals surface area contributed by atoms with E-state index in [1.807, 2.05) is 6.07 Å². The van der Waals surface area contributed by atoms with Gasteiger partial charge in [0.05, 0.1) is 11.1 Å². The Morgan fingerprint density at radius 1 is 1.12 bits per heavy atom. The number of nitrogens with one attached hydrogen (secondary N) is 1. The van der Waals surface area contributed by atoms with E-state index in [1.54, 1.807) is 0 Å². The molecule has 1 amide bonds. The van der Waals surface area contributed by atoms with Crippen LogP contribution in [0.25, 0.3) is 5.52 Å². The predicted molar refractivity (Wildman–Crippen MR) is 94.5 cm³/mol. The molecule has 2 aromatic heterocycles. The first-order valence-electron chi connectivity index (χ1n) is 9.45. The lowest BCUT2D eigenvalue weighted by molar-refractivity contribution is 0.0621. The molecule has 0 unspecified atom stereocenters. The summed E-state index contributed by atoms with van der Waals surface area (Å²) in [5.41, 5.74) is 4.69. The molecule has 1 aliphatic carbocycles. The van der Waals surface area contributed by atoms with E-state index in [9.17, 15) is 4.79 Å². The second-order valence-electron chi connectivity index (χ2n) is 7.68. The summed E-state index contributed by atoms with van der Waals surface area (Å²) in [6.07, 6.45) is 9.15. The van der Waals surface area contributed by atoms with Crippen LogP contribution in [-0.4, -0.2) is 40.9 Å². The van der Waals surface area contributed by atoms with Gasteiger partial charge in [-0.3, -0.25) is 4.79 Å². The maximum atomic E-state index is 13.2. The van der Waals surface area contributed by atoms with Crippen LogP contribution >= 0.6 is 0 Å². The Morgan fingerprint density at radius 2 is 1.96 bits per heavy atom. The highest BCUT2D eigenvalue weighted by Crippen LogP contribution is 2.32. The van der Waals surface area contributed by atoms with Gasteiger partial charge in [0.1, 0.15) is 0 Å². The highest BCUT2D eigenvalue weighted by molar-refractivity contribution is 6.03. The van der Waals surface area contributed by atoms with Crippen molar-refractivity contribution in [2.75, 3.05) is 19.6 Å². The number of nitrogens with zero attached hydrogens (tertiary/aromatic N) is 2. The Balaban J connectivity index is 1.51. The zero-order valence-electron chi connectivity index (χ0n) is 14.1. The average Bonchev–Trinajstić information content (AvgIpc) is 2.97. The number of aryl methyl sites for hydroxylation is 1. The summed E-state index contributed by atoms with van der Waals surface area (Å²) in [7, 11) is 0. The minimum atomic E-state index is 0.153. The second kappa shape index (κ2) is 5.62. The van der Waals surface area contributed by atoms with E-state index in [2.05, 4.69) is 32.9 Å². The number of piperidine rings is 3. The molecule has 126 valence electrons. The number of amides is 1. The monoisotopic (exact) mass is 323 g/mol. The van der Waals surface area contributed by atoms with Crippen LogP contribution in [0.2, 0.25) is 0 Å². The lowest BCUT2D eigenvalue weighted by Gasteiger charge is -2.44. The first-order chi connectivity index (χ1) is 11.8. The first-order valence-corrected chi connectivity index (χ1v) is 9.45. The summed E-state index contributed by atoms with van der Waals surface area (Å²) in [4.78, 5) is 15.7. The molecule has 6 rings (SSSR count). The number of hydrogen-bond donors (Lipinski definition) is 1. The van der Waals surface area contributed by atoms with Crippen LogP contribution in [-0.2, 0) is 12.8 Å². The van der Waals surface area contributed by atoms with Gasteiger partial charge < -0.3 is 14.6 Å². The summed E-state index contributed by atoms with van der Waals surface area (Å²) >= 11 is 0. The fourth-order valence-electron chi connectivity index (χ4n) is 5.08. The van der Waals surface area contributed by atoms with Crippen LogP contribution in [0.3, 0.4) is 0 Å². The third-order valence-corrected chi connectivity index (χ3v) is 6.35. The smallest absolute Gasteiger partial charge is 0.254 e. The molecule has 3 aliphatic heterocycles. The van der Waals surface area contributed by atoms with Gasteiger partial charge in [-0.2, -0.15) is 0 Å². The van der Waals surface area contributed by atoms with Crippen LogP contribution in [0, 0.1) is 5.92 Å². The molecule has 24 heavy (non-hydrogen) atoms. The van der Waals surface area contributed by atoms with Gasteiger partial charge in [0.2, 0.25) is 0 Å². The summed E-state index contributed by atoms with van der Waals surface area (Å²) < 4.78 is 2.25. The molecule has 5 heterocycles. The molecule has 3 saturated heterocycles. The van der Waals surface area contributed by atoms with Crippen molar-refractivity contribution in [2.24, 2.45) is 5.92 Å². The Labute approximate surface area is 142 Å². The first kappa shape index (κ1) is 14.5. The number of rotatable bonds is 2. The van der Waals surface area contributed by atoms with Crippen LogP contribution in [0.5, 0.6) is 0 Å². The summed E-state index contributed by atoms with van der Waals surface area (Å²) in [5.74, 6) is 0.823. The van der Waals surface area contributed by atoms with Crippen molar-refractivity contribution in [3.63, 3.8) is 0 Å². The number of hydrogen-bond acceptors (Lipinski definition) is 2. The molecule has 4 heteroatoms. The summed E-state index contributed by atoms with van der Waals surface area (Å²) in [5, 5.41) is 3.40. The molecule has 2 bridgehead atoms. The number of carbonyl (C=O) groups is 1. The van der Waals surface area contributed by atoms with Gasteiger partial charge in [0.25, 0.3) is 5.91 Å². The third-order valence-electron chi connectivity index (χ3n) is 6.35. The SMILES string of the molecule is O=C(N[C@H]1CN2CCC1CC2)c1c2c(n3ccccc13)CCCC2. The largest absolute Gasteiger partial charge is 0.348 e. The highest BCUT2D eigenvalue weighted by Gasteiger charge is 2.36. The Hall–Kier alpha value is -1.81. The quantitative estimate of drug-likeness (QED) is 0.922. The number of aromatic nitrogens is 1. The van der Waals surface area contributed by atoms with Gasteiger partial charge in [-0.25, -0.2) is 0 Å². The van der Waals surface area contributed by atoms with E-state index in [0.29, 0.717) is 12.0 Å². The Morgan fingerprint density at radius 3 is 2.75 bits per heavy atom. The second-order valence-corrected chi connectivity index (χ2v) is 7.68. The standard InChI is InChI=1S/C20H25N3O/c24-20(21-16-13-22-11-8-14(16)9-12-22)19-15-5-1-2-6-17(15)23-10-4-3-7-18(19)23/h3-4,7,10,14,16H,1-2,5-6,8-9,11-13H2,(H,21,24)/t16-/m0/s1. The zero-order valence-corrected chi connectivity index (χ0v) is 14.1. The summed E-state index contributed by atoms with van der Waals surface area (Å²) in [6, 6.07) is 6.55. The average molecular weight is 323 g/mol. The van der Waals surface area contributed by atoms with Crippen molar-refractivity contribution in [1.29, 1.82) is 0 Å². The van der Waals surface area contributed by atoms with Gasteiger partial charge in [-0.15, -0.1) is 0 Å². The normalized spacial score (nSPS) is 28.8. The molecule has 2 aromatic rings. The molecule has 0 spiro atoms. The molecule has 1 atom stereocenters. The molecule has 4 aliphatic rings. The fraction of sp³-hybridized carbons (Fsp3) is 0.550. The van der Waals surface area contributed by atoms with Crippen LogP contribution in [0.1, 0.15) is 47.3 Å². The van der Waals surface area contributed by atoms with Gasteiger partial charge in [-0.05, 0) is 75.2 Å². The molecule has 0 aromatic carbocycles. The topological polar surface area (TPSA) is 36.8 Å². The van der Waals surface area contributed by atoms with E-state index in [1.165, 1.54) is 50.0 Å². The van der Waals surface area contributed by atoms with E-state index in [-0.39, 0.29) is 5.91 Å².